The van der Waals surface area contributed by atoms with Gasteiger partial charge in [0.05, 0.1) is 18.2 Å². The summed E-state index contributed by atoms with van der Waals surface area (Å²) in [6.45, 7) is 2.22. The van der Waals surface area contributed by atoms with Crippen molar-refractivity contribution < 1.29 is 29.7 Å². The van der Waals surface area contributed by atoms with Gasteiger partial charge in [-0.25, -0.2) is 4.98 Å². The predicted molar refractivity (Wildman–Crippen MR) is 151 cm³/mol. The van der Waals surface area contributed by atoms with E-state index in [0.717, 1.165) is 37.5 Å². The van der Waals surface area contributed by atoms with Crippen LogP contribution in [0.1, 0.15) is 103 Å². The van der Waals surface area contributed by atoms with Crippen molar-refractivity contribution in [3.63, 3.8) is 0 Å². The molecular weight excluding hydrogens is 562 g/mol. The largest absolute Gasteiger partial charge is 0.391 e. The summed E-state index contributed by atoms with van der Waals surface area (Å²) in [5.74, 6) is 2.65. The summed E-state index contributed by atoms with van der Waals surface area (Å²) in [6.07, 6.45) is 19.4. The monoisotopic (exact) mass is 608 g/mol. The SMILES string of the molecule is CC1CCCC(N=NC2C(O)CCC3CCCCC32)N1.OC1CCC2CCCCC2C1N=Nc1nccs1.[Zn]. The van der Waals surface area contributed by atoms with Gasteiger partial charge in [0, 0.05) is 37.1 Å². The molecule has 1 aromatic heterocycles. The average molecular weight is 610 g/mol. The number of aromatic nitrogens is 1. The molecule has 1 aromatic rings. The molecule has 0 amide bonds. The molecule has 10 atom stereocenters. The van der Waals surface area contributed by atoms with E-state index < -0.39 is 0 Å². The molecule has 1 saturated heterocycles. The molecule has 0 spiro atoms. The number of nitrogens with one attached hydrogen (secondary N) is 1. The minimum atomic E-state index is -0.312. The van der Waals surface area contributed by atoms with Crippen LogP contribution < -0.4 is 5.32 Å². The third-order valence-electron chi connectivity index (χ3n) is 9.89. The fourth-order valence-electron chi connectivity index (χ4n) is 7.84. The van der Waals surface area contributed by atoms with E-state index in [9.17, 15) is 10.2 Å². The molecule has 10 unspecified atom stereocenters. The first-order chi connectivity index (χ1) is 18.6. The van der Waals surface area contributed by atoms with Crippen molar-refractivity contribution in [2.45, 2.75) is 140 Å². The normalized spacial score (nSPS) is 40.7. The second-order valence-corrected chi connectivity index (χ2v) is 13.3. The van der Waals surface area contributed by atoms with Crippen molar-refractivity contribution in [1.29, 1.82) is 0 Å². The predicted octanol–water partition coefficient (Wildman–Crippen LogP) is 6.81. The molecule has 2 heterocycles. The van der Waals surface area contributed by atoms with Gasteiger partial charge in [-0.05, 0) is 88.4 Å². The van der Waals surface area contributed by atoms with Crippen molar-refractivity contribution in [2.24, 2.45) is 44.1 Å². The molecule has 0 aromatic carbocycles. The van der Waals surface area contributed by atoms with Crippen LogP contribution in [0.3, 0.4) is 0 Å². The topological polar surface area (TPSA) is 115 Å². The fraction of sp³-hybridized carbons (Fsp3) is 0.897. The summed E-state index contributed by atoms with van der Waals surface area (Å²) in [6, 6.07) is 0.604. The molecule has 0 radical (unpaired) electrons. The van der Waals surface area contributed by atoms with Crippen LogP contribution in [0.5, 0.6) is 0 Å². The molecule has 5 aliphatic rings. The van der Waals surface area contributed by atoms with E-state index >= 15 is 0 Å². The van der Waals surface area contributed by atoms with Crippen LogP contribution in [-0.4, -0.2) is 51.7 Å². The Morgan fingerprint density at radius 3 is 1.95 bits per heavy atom. The van der Waals surface area contributed by atoms with Gasteiger partial charge in [0.15, 0.2) is 0 Å². The maximum atomic E-state index is 10.3. The number of piperidine rings is 1. The van der Waals surface area contributed by atoms with Gasteiger partial charge in [0.25, 0.3) is 0 Å². The number of rotatable bonds is 4. The van der Waals surface area contributed by atoms with Crippen molar-refractivity contribution >= 4 is 16.5 Å². The quantitative estimate of drug-likeness (QED) is 0.257. The summed E-state index contributed by atoms with van der Waals surface area (Å²) in [5, 5.41) is 44.4. The third kappa shape index (κ3) is 8.44. The van der Waals surface area contributed by atoms with Gasteiger partial charge in [0.2, 0.25) is 5.13 Å². The molecule has 4 aliphatic carbocycles. The van der Waals surface area contributed by atoms with Crippen molar-refractivity contribution in [1.82, 2.24) is 10.3 Å². The molecular formula is C29H48N6O2SZn. The van der Waals surface area contributed by atoms with Crippen LogP contribution in [0.15, 0.2) is 32.0 Å². The smallest absolute Gasteiger partial charge is 0.229 e. The summed E-state index contributed by atoms with van der Waals surface area (Å²) in [7, 11) is 0. The van der Waals surface area contributed by atoms with Crippen LogP contribution >= 0.6 is 11.3 Å². The number of azo groups is 2. The van der Waals surface area contributed by atoms with Crippen LogP contribution in [0.25, 0.3) is 0 Å². The molecule has 214 valence electrons. The Morgan fingerprint density at radius 1 is 0.744 bits per heavy atom. The van der Waals surface area contributed by atoms with Crippen molar-refractivity contribution in [2.75, 3.05) is 0 Å². The van der Waals surface area contributed by atoms with Gasteiger partial charge in [0.1, 0.15) is 12.2 Å². The van der Waals surface area contributed by atoms with Gasteiger partial charge in [-0.2, -0.15) is 15.3 Å². The average Bonchev–Trinajstić information content (AvgIpc) is 3.46. The number of aliphatic hydroxyl groups excluding tert-OH is 2. The number of aliphatic hydroxyl groups is 2. The number of hydrogen-bond donors (Lipinski definition) is 3. The van der Waals surface area contributed by atoms with Crippen LogP contribution in [0, 0.1) is 23.7 Å². The Balaban J connectivity index is 0.000000177. The number of fused-ring (bicyclic) bond motifs is 2. The first-order valence-corrected chi connectivity index (χ1v) is 16.3. The maximum Gasteiger partial charge on any atom is 0.229 e. The summed E-state index contributed by atoms with van der Waals surface area (Å²) < 4.78 is 0. The molecule has 0 bridgehead atoms. The second-order valence-electron chi connectivity index (χ2n) is 12.5. The van der Waals surface area contributed by atoms with E-state index in [4.69, 9.17) is 0 Å². The standard InChI is InChI=1S/C16H29N3O.C13H19N3OS.Zn/c1-11-5-4-8-15(17-11)18-19-16-13-7-3-2-6-12(13)9-10-14(16)20;17-11-6-5-9-3-1-2-4-10(9)12(11)15-16-13-14-7-8-18-13;/h11-17,20H,2-10H2,1H3;7-12,17H,1-6H2;. The van der Waals surface area contributed by atoms with Crippen LogP contribution in [0.2, 0.25) is 0 Å². The molecule has 39 heavy (non-hydrogen) atoms. The molecule has 5 fully saturated rings. The molecule has 3 N–H and O–H groups in total. The summed E-state index contributed by atoms with van der Waals surface area (Å²) in [5.41, 5.74) is 0. The molecule has 10 heteroatoms. The molecule has 1 aliphatic heterocycles. The Morgan fingerprint density at radius 2 is 1.36 bits per heavy atom. The van der Waals surface area contributed by atoms with Crippen molar-refractivity contribution in [3.8, 4) is 0 Å². The zero-order chi connectivity index (χ0) is 26.3. The van der Waals surface area contributed by atoms with E-state index in [-0.39, 0.29) is 49.9 Å². The van der Waals surface area contributed by atoms with Gasteiger partial charge >= 0.3 is 0 Å². The molecule has 4 saturated carbocycles. The van der Waals surface area contributed by atoms with E-state index in [2.05, 4.69) is 37.7 Å². The van der Waals surface area contributed by atoms with Crippen LogP contribution in [-0.2, 0) is 19.5 Å². The van der Waals surface area contributed by atoms with Crippen molar-refractivity contribution in [3.05, 3.63) is 11.6 Å². The van der Waals surface area contributed by atoms with Gasteiger partial charge in [-0.1, -0.05) is 38.5 Å². The first kappa shape index (κ1) is 31.3. The maximum absolute atomic E-state index is 10.3. The fourth-order valence-corrected chi connectivity index (χ4v) is 8.30. The number of nitrogens with zero attached hydrogens (tertiary/aromatic N) is 5. The van der Waals surface area contributed by atoms with Gasteiger partial charge in [-0.15, -0.1) is 16.5 Å². The zero-order valence-corrected chi connectivity index (χ0v) is 27.6. The second kappa shape index (κ2) is 15.5. The minimum absolute atomic E-state index is 0. The Bertz CT molecular complexity index is 904. The van der Waals surface area contributed by atoms with E-state index in [1.807, 2.05) is 5.38 Å². The van der Waals surface area contributed by atoms with Crippen LogP contribution in [0.4, 0.5) is 5.13 Å². The number of hydrogen-bond acceptors (Lipinski definition) is 9. The molecule has 8 nitrogen and oxygen atoms in total. The van der Waals surface area contributed by atoms with E-state index in [1.54, 1.807) is 6.20 Å². The summed E-state index contributed by atoms with van der Waals surface area (Å²) >= 11 is 1.49. The Kier molecular flexibility index (Phi) is 12.5. The zero-order valence-electron chi connectivity index (χ0n) is 23.8. The number of thiazole rings is 1. The Hall–Kier alpha value is -0.667. The van der Waals surface area contributed by atoms with E-state index in [0.29, 0.717) is 23.0 Å². The van der Waals surface area contributed by atoms with E-state index in [1.165, 1.54) is 82.0 Å². The van der Waals surface area contributed by atoms with Gasteiger partial charge < -0.3 is 10.2 Å². The summed E-state index contributed by atoms with van der Waals surface area (Å²) in [4.78, 5) is 4.11. The van der Waals surface area contributed by atoms with Gasteiger partial charge in [-0.3, -0.25) is 5.32 Å². The minimum Gasteiger partial charge on any atom is -0.391 e. The molecule has 6 rings (SSSR count). The first-order valence-electron chi connectivity index (χ1n) is 15.4. The third-order valence-corrected chi connectivity index (χ3v) is 10.6. The Labute approximate surface area is 251 Å².